The molecule has 4 N–H and O–H groups in total. The van der Waals surface area contributed by atoms with Crippen LogP contribution in [0.15, 0.2) is 42.5 Å². The molecule has 0 heterocycles. The maximum absolute atomic E-state index is 13.5. The minimum Gasteiger partial charge on any atom is -0.493 e. The van der Waals surface area contributed by atoms with Crippen molar-refractivity contribution in [1.29, 1.82) is 0 Å². The quantitative estimate of drug-likeness (QED) is 0.657. The number of carbonyl (C=O) groups excluding carboxylic acids is 3. The van der Waals surface area contributed by atoms with Gasteiger partial charge >= 0.3 is 0 Å². The zero-order valence-electron chi connectivity index (χ0n) is 13.7. The van der Waals surface area contributed by atoms with Crippen LogP contribution in [-0.2, 0) is 4.79 Å². The van der Waals surface area contributed by atoms with Crippen LogP contribution in [0.5, 0.6) is 11.5 Å². The molecule has 0 spiro atoms. The average Bonchev–Trinajstić information content (AvgIpc) is 2.64. The van der Waals surface area contributed by atoms with Crippen LogP contribution in [0.25, 0.3) is 0 Å². The third-order valence-electron chi connectivity index (χ3n) is 3.20. The van der Waals surface area contributed by atoms with E-state index in [2.05, 4.69) is 10.9 Å². The van der Waals surface area contributed by atoms with Gasteiger partial charge < -0.3 is 15.2 Å². The van der Waals surface area contributed by atoms with Crippen LogP contribution >= 0.6 is 0 Å². The van der Waals surface area contributed by atoms with E-state index in [0.717, 1.165) is 6.07 Å². The van der Waals surface area contributed by atoms with Gasteiger partial charge in [0.05, 0.1) is 12.7 Å². The third kappa shape index (κ3) is 4.69. The fraction of sp³-hybridized carbons (Fsp3) is 0.118. The number of hydrogen-bond donors (Lipinski definition) is 3. The summed E-state index contributed by atoms with van der Waals surface area (Å²) < 4.78 is 23.8. The van der Waals surface area contributed by atoms with Crippen LogP contribution in [0.4, 0.5) is 4.39 Å². The van der Waals surface area contributed by atoms with Crippen molar-refractivity contribution in [3.63, 3.8) is 0 Å². The number of benzene rings is 2. The van der Waals surface area contributed by atoms with Gasteiger partial charge in [-0.3, -0.25) is 25.2 Å². The Morgan fingerprint density at radius 3 is 2.38 bits per heavy atom. The van der Waals surface area contributed by atoms with Gasteiger partial charge in [0, 0.05) is 5.56 Å². The summed E-state index contributed by atoms with van der Waals surface area (Å²) in [6.45, 7) is -0.347. The molecule has 2 aromatic carbocycles. The Labute approximate surface area is 148 Å². The predicted octanol–water partition coefficient (Wildman–Crippen LogP) is 0.773. The molecule has 136 valence electrons. The van der Waals surface area contributed by atoms with Crippen LogP contribution in [0.1, 0.15) is 20.7 Å². The second-order valence-electron chi connectivity index (χ2n) is 5.01. The van der Waals surface area contributed by atoms with Crippen molar-refractivity contribution in [2.45, 2.75) is 0 Å². The van der Waals surface area contributed by atoms with E-state index in [0.29, 0.717) is 0 Å². The third-order valence-corrected chi connectivity index (χ3v) is 3.20. The molecule has 9 heteroatoms. The standard InChI is InChI=1S/C17H16FN3O5/c1-25-14-8-10(6-7-13(14)26-9-15(19)22)16(23)20-21-17(24)11-4-2-3-5-12(11)18/h2-8H,9H2,1H3,(H2,19,22)(H,20,23)(H,21,24). The Balaban J connectivity index is 2.04. The molecule has 0 saturated heterocycles. The highest BCUT2D eigenvalue weighted by Crippen LogP contribution is 2.27. The number of halogens is 1. The molecule has 0 aliphatic rings. The molecule has 0 unspecified atom stereocenters. The van der Waals surface area contributed by atoms with Gasteiger partial charge in [-0.2, -0.15) is 0 Å². The van der Waals surface area contributed by atoms with Crippen molar-refractivity contribution in [3.05, 3.63) is 59.4 Å². The van der Waals surface area contributed by atoms with Gasteiger partial charge in [0.25, 0.3) is 17.7 Å². The molecule has 0 aliphatic heterocycles. The smallest absolute Gasteiger partial charge is 0.272 e. The number of amides is 3. The van der Waals surface area contributed by atoms with E-state index in [1.165, 1.54) is 43.5 Å². The summed E-state index contributed by atoms with van der Waals surface area (Å²) in [5, 5.41) is 0. The normalized spacial score (nSPS) is 9.92. The van der Waals surface area contributed by atoms with Gasteiger partial charge in [-0.15, -0.1) is 0 Å². The number of hydrazine groups is 1. The van der Waals surface area contributed by atoms with Gasteiger partial charge in [0.2, 0.25) is 0 Å². The van der Waals surface area contributed by atoms with E-state index in [4.69, 9.17) is 15.2 Å². The minimum atomic E-state index is -0.801. The Morgan fingerprint density at radius 2 is 1.73 bits per heavy atom. The number of methoxy groups -OCH3 is 1. The Kier molecular flexibility index (Phi) is 6.10. The van der Waals surface area contributed by atoms with Crippen molar-refractivity contribution in [2.75, 3.05) is 13.7 Å². The van der Waals surface area contributed by atoms with E-state index in [1.54, 1.807) is 0 Å². The molecule has 2 rings (SSSR count). The second kappa shape index (κ2) is 8.47. The number of nitrogens with one attached hydrogen (secondary N) is 2. The first-order valence-corrected chi connectivity index (χ1v) is 7.36. The van der Waals surface area contributed by atoms with E-state index >= 15 is 0 Å². The molecule has 26 heavy (non-hydrogen) atoms. The topological polar surface area (TPSA) is 120 Å². The van der Waals surface area contributed by atoms with E-state index in [1.807, 2.05) is 0 Å². The SMILES string of the molecule is COc1cc(C(=O)NNC(=O)c2ccccc2F)ccc1OCC(N)=O. The Bertz CT molecular complexity index is 841. The van der Waals surface area contributed by atoms with Crippen LogP contribution in [0.2, 0.25) is 0 Å². The van der Waals surface area contributed by atoms with Gasteiger partial charge in [-0.05, 0) is 30.3 Å². The number of rotatable bonds is 6. The van der Waals surface area contributed by atoms with Crippen molar-refractivity contribution in [1.82, 2.24) is 10.9 Å². The lowest BCUT2D eigenvalue weighted by Crippen LogP contribution is -2.41. The maximum Gasteiger partial charge on any atom is 0.272 e. The van der Waals surface area contributed by atoms with Crippen LogP contribution < -0.4 is 26.1 Å². The highest BCUT2D eigenvalue weighted by Gasteiger charge is 2.14. The van der Waals surface area contributed by atoms with Crippen molar-refractivity contribution in [2.24, 2.45) is 5.73 Å². The fourth-order valence-electron chi connectivity index (χ4n) is 1.98. The average molecular weight is 361 g/mol. The summed E-state index contributed by atoms with van der Waals surface area (Å²) in [7, 11) is 1.36. The zero-order chi connectivity index (χ0) is 19.1. The molecule has 0 saturated carbocycles. The molecule has 0 fully saturated rings. The molecule has 0 bridgehead atoms. The number of nitrogens with two attached hydrogens (primary N) is 1. The molecule has 0 radical (unpaired) electrons. The number of carbonyl (C=O) groups is 3. The van der Waals surface area contributed by atoms with Gasteiger partial charge in [0.1, 0.15) is 5.82 Å². The van der Waals surface area contributed by atoms with Crippen molar-refractivity contribution >= 4 is 17.7 Å². The Morgan fingerprint density at radius 1 is 1.04 bits per heavy atom. The summed E-state index contributed by atoms with van der Waals surface area (Å²) in [4.78, 5) is 34.8. The first-order chi connectivity index (χ1) is 12.4. The van der Waals surface area contributed by atoms with Crippen molar-refractivity contribution in [3.8, 4) is 11.5 Å². The van der Waals surface area contributed by atoms with Gasteiger partial charge in [-0.1, -0.05) is 12.1 Å². The first kappa shape index (κ1) is 18.7. The van der Waals surface area contributed by atoms with Gasteiger partial charge in [-0.25, -0.2) is 4.39 Å². The molecule has 0 aromatic heterocycles. The molecule has 8 nitrogen and oxygen atoms in total. The molecular weight excluding hydrogens is 345 g/mol. The maximum atomic E-state index is 13.5. The number of hydrogen-bond acceptors (Lipinski definition) is 5. The molecule has 0 aliphatic carbocycles. The predicted molar refractivity (Wildman–Crippen MR) is 89.0 cm³/mol. The number of ether oxygens (including phenoxy) is 2. The van der Waals surface area contributed by atoms with E-state index in [-0.39, 0.29) is 29.2 Å². The molecule has 0 atom stereocenters. The summed E-state index contributed by atoms with van der Waals surface area (Å²) in [6, 6.07) is 9.51. The zero-order valence-corrected chi connectivity index (χ0v) is 13.7. The molecule has 2 aromatic rings. The largest absolute Gasteiger partial charge is 0.493 e. The summed E-state index contributed by atoms with van der Waals surface area (Å²) in [6.07, 6.45) is 0. The number of primary amides is 1. The van der Waals surface area contributed by atoms with Gasteiger partial charge in [0.15, 0.2) is 18.1 Å². The lowest BCUT2D eigenvalue weighted by Gasteiger charge is -2.12. The Hall–Kier alpha value is -3.62. The van der Waals surface area contributed by atoms with Crippen LogP contribution in [0.3, 0.4) is 0 Å². The highest BCUT2D eigenvalue weighted by atomic mass is 19.1. The minimum absolute atomic E-state index is 0.141. The summed E-state index contributed by atoms with van der Waals surface area (Å²) in [5.74, 6) is -2.42. The summed E-state index contributed by atoms with van der Waals surface area (Å²) in [5.41, 5.74) is 9.22. The molecule has 3 amide bonds. The van der Waals surface area contributed by atoms with Crippen LogP contribution in [0, 0.1) is 5.82 Å². The fourth-order valence-corrected chi connectivity index (χ4v) is 1.98. The lowest BCUT2D eigenvalue weighted by atomic mass is 10.2. The van der Waals surface area contributed by atoms with Crippen LogP contribution in [-0.4, -0.2) is 31.4 Å². The molecular formula is C17H16FN3O5. The van der Waals surface area contributed by atoms with E-state index in [9.17, 15) is 18.8 Å². The monoisotopic (exact) mass is 361 g/mol. The highest BCUT2D eigenvalue weighted by molar-refractivity contribution is 5.99. The van der Waals surface area contributed by atoms with E-state index < -0.39 is 23.5 Å². The first-order valence-electron chi connectivity index (χ1n) is 7.36. The lowest BCUT2D eigenvalue weighted by molar-refractivity contribution is -0.119. The summed E-state index contributed by atoms with van der Waals surface area (Å²) >= 11 is 0. The second-order valence-corrected chi connectivity index (χ2v) is 5.01. The van der Waals surface area contributed by atoms with Crippen molar-refractivity contribution < 1.29 is 28.2 Å².